The summed E-state index contributed by atoms with van der Waals surface area (Å²) in [6.07, 6.45) is 0. The Balaban J connectivity index is 2.49. The lowest BCUT2D eigenvalue weighted by Crippen LogP contribution is -2.20. The number of rotatable bonds is 4. The predicted molar refractivity (Wildman–Crippen MR) is 68.9 cm³/mol. The van der Waals surface area contributed by atoms with Crippen molar-refractivity contribution in [2.75, 3.05) is 6.61 Å². The van der Waals surface area contributed by atoms with Crippen LogP contribution < -0.4 is 5.69 Å². The van der Waals surface area contributed by atoms with E-state index in [-0.39, 0.29) is 12.4 Å². The molecule has 0 aliphatic rings. The van der Waals surface area contributed by atoms with E-state index in [9.17, 15) is 9.59 Å². The molecule has 1 aromatic heterocycles. The Kier molecular flexibility index (Phi) is 3.79. The number of esters is 1. The maximum atomic E-state index is 12.1. The molecule has 2 aromatic rings. The van der Waals surface area contributed by atoms with Crippen LogP contribution in [0.2, 0.25) is 0 Å². The fraction of sp³-hybridized carbons (Fsp3) is 0.308. The summed E-state index contributed by atoms with van der Waals surface area (Å²) in [5.74, 6) is -0.891. The zero-order valence-electron chi connectivity index (χ0n) is 10.8. The third-order valence-electron chi connectivity index (χ3n) is 2.81. The first-order valence-electron chi connectivity index (χ1n) is 6.00. The molecule has 1 unspecified atom stereocenters. The van der Waals surface area contributed by atoms with Crippen LogP contribution in [0.15, 0.2) is 29.1 Å². The Morgan fingerprint density at radius 3 is 2.74 bits per heavy atom. The van der Waals surface area contributed by atoms with E-state index in [1.54, 1.807) is 6.92 Å². The van der Waals surface area contributed by atoms with E-state index < -0.39 is 17.6 Å². The lowest BCUT2D eigenvalue weighted by molar-refractivity contribution is -0.144. The van der Waals surface area contributed by atoms with E-state index >= 15 is 0 Å². The molecule has 0 saturated heterocycles. The molecule has 0 bridgehead atoms. The van der Waals surface area contributed by atoms with Crippen molar-refractivity contribution in [2.24, 2.45) is 0 Å². The first-order chi connectivity index (χ1) is 9.13. The molecule has 2 N–H and O–H groups in total. The number of carbonyl (C=O) groups is 1. The number of ether oxygens (including phenoxy) is 1. The van der Waals surface area contributed by atoms with Crippen molar-refractivity contribution in [1.82, 2.24) is 15.2 Å². The van der Waals surface area contributed by atoms with Gasteiger partial charge in [-0.05, 0) is 25.0 Å². The SMILES string of the molecule is CCOC(=O)C(c1n[nH]c(=O)[nH]1)c1ccccc1C. The van der Waals surface area contributed by atoms with Gasteiger partial charge in [-0.15, -0.1) is 0 Å². The number of nitrogens with zero attached hydrogens (tertiary/aromatic N) is 1. The molecule has 1 aromatic carbocycles. The minimum absolute atomic E-state index is 0.262. The van der Waals surface area contributed by atoms with Gasteiger partial charge >= 0.3 is 11.7 Å². The second-order valence-corrected chi connectivity index (χ2v) is 4.10. The second-order valence-electron chi connectivity index (χ2n) is 4.10. The maximum Gasteiger partial charge on any atom is 0.340 e. The third-order valence-corrected chi connectivity index (χ3v) is 2.81. The fourth-order valence-corrected chi connectivity index (χ4v) is 1.94. The Bertz CT molecular complexity index is 630. The molecule has 0 amide bonds. The summed E-state index contributed by atoms with van der Waals surface area (Å²) in [4.78, 5) is 25.8. The molecule has 0 aliphatic carbocycles. The number of aryl methyl sites for hydroxylation is 1. The first-order valence-corrected chi connectivity index (χ1v) is 6.00. The van der Waals surface area contributed by atoms with Crippen LogP contribution in [0, 0.1) is 6.92 Å². The van der Waals surface area contributed by atoms with Crippen LogP contribution in [0.1, 0.15) is 29.8 Å². The van der Waals surface area contributed by atoms with Crippen LogP contribution in [0.3, 0.4) is 0 Å². The average Bonchev–Trinajstić information content (AvgIpc) is 2.79. The maximum absolute atomic E-state index is 12.1. The van der Waals surface area contributed by atoms with Gasteiger partial charge in [0, 0.05) is 0 Å². The molecule has 100 valence electrons. The molecule has 19 heavy (non-hydrogen) atoms. The molecule has 0 fully saturated rings. The Hall–Kier alpha value is -2.37. The van der Waals surface area contributed by atoms with Crippen molar-refractivity contribution in [3.63, 3.8) is 0 Å². The van der Waals surface area contributed by atoms with Gasteiger partial charge in [0.25, 0.3) is 0 Å². The second kappa shape index (κ2) is 5.51. The molecule has 0 aliphatic heterocycles. The topological polar surface area (TPSA) is 87.8 Å². The molecule has 0 radical (unpaired) electrons. The smallest absolute Gasteiger partial charge is 0.340 e. The van der Waals surface area contributed by atoms with Crippen LogP contribution in [-0.2, 0) is 9.53 Å². The summed E-state index contributed by atoms with van der Waals surface area (Å²) in [6, 6.07) is 7.43. The van der Waals surface area contributed by atoms with Gasteiger partial charge < -0.3 is 4.74 Å². The number of H-pyrrole nitrogens is 2. The van der Waals surface area contributed by atoms with Crippen molar-refractivity contribution in [3.05, 3.63) is 51.7 Å². The highest BCUT2D eigenvalue weighted by atomic mass is 16.5. The molecule has 0 spiro atoms. The van der Waals surface area contributed by atoms with Gasteiger partial charge in [0.1, 0.15) is 11.7 Å². The highest BCUT2D eigenvalue weighted by Gasteiger charge is 2.28. The number of aromatic nitrogens is 3. The quantitative estimate of drug-likeness (QED) is 0.807. The van der Waals surface area contributed by atoms with Crippen LogP contribution in [0.5, 0.6) is 0 Å². The number of aromatic amines is 2. The van der Waals surface area contributed by atoms with Gasteiger partial charge in [-0.25, -0.2) is 9.89 Å². The van der Waals surface area contributed by atoms with Crippen molar-refractivity contribution in [2.45, 2.75) is 19.8 Å². The van der Waals surface area contributed by atoms with E-state index in [4.69, 9.17) is 4.74 Å². The van der Waals surface area contributed by atoms with Gasteiger partial charge in [-0.3, -0.25) is 9.78 Å². The predicted octanol–water partition coefficient (Wildman–Crippen LogP) is 1.10. The standard InChI is InChI=1S/C13H15N3O3/c1-3-19-12(17)10(11-14-13(18)16-15-11)9-7-5-4-6-8(9)2/h4-7,10H,3H2,1-2H3,(H2,14,15,16,18). The monoisotopic (exact) mass is 261 g/mol. The van der Waals surface area contributed by atoms with E-state index in [2.05, 4.69) is 15.2 Å². The molecular formula is C13H15N3O3. The molecule has 2 rings (SSSR count). The summed E-state index contributed by atoms with van der Waals surface area (Å²) in [5.41, 5.74) is 1.26. The number of nitrogens with one attached hydrogen (secondary N) is 2. The molecule has 1 heterocycles. The molecular weight excluding hydrogens is 246 g/mol. The Labute approximate surface area is 109 Å². The van der Waals surface area contributed by atoms with Gasteiger partial charge in [-0.1, -0.05) is 24.3 Å². The molecule has 1 atom stereocenters. The Morgan fingerprint density at radius 2 is 2.16 bits per heavy atom. The summed E-state index contributed by atoms with van der Waals surface area (Å²) in [7, 11) is 0. The highest BCUT2D eigenvalue weighted by molar-refractivity contribution is 5.81. The lowest BCUT2D eigenvalue weighted by Gasteiger charge is -2.15. The van der Waals surface area contributed by atoms with Crippen LogP contribution in [-0.4, -0.2) is 27.8 Å². The molecule has 6 heteroatoms. The van der Waals surface area contributed by atoms with Crippen molar-refractivity contribution >= 4 is 5.97 Å². The molecule has 0 saturated carbocycles. The summed E-state index contributed by atoms with van der Waals surface area (Å²) in [6.45, 7) is 3.91. The summed E-state index contributed by atoms with van der Waals surface area (Å²) >= 11 is 0. The lowest BCUT2D eigenvalue weighted by atomic mass is 9.94. The Morgan fingerprint density at radius 1 is 1.42 bits per heavy atom. The van der Waals surface area contributed by atoms with Crippen molar-refractivity contribution in [3.8, 4) is 0 Å². The minimum atomic E-state index is -0.722. The van der Waals surface area contributed by atoms with E-state index in [1.807, 2.05) is 31.2 Å². The third kappa shape index (κ3) is 2.73. The minimum Gasteiger partial charge on any atom is -0.465 e. The van der Waals surface area contributed by atoms with E-state index in [1.165, 1.54) is 0 Å². The molecule has 6 nitrogen and oxygen atoms in total. The van der Waals surface area contributed by atoms with Crippen molar-refractivity contribution < 1.29 is 9.53 Å². The largest absolute Gasteiger partial charge is 0.465 e. The van der Waals surface area contributed by atoms with Gasteiger partial charge in [0.2, 0.25) is 0 Å². The average molecular weight is 261 g/mol. The number of carbonyl (C=O) groups excluding carboxylic acids is 1. The fourth-order valence-electron chi connectivity index (χ4n) is 1.94. The number of hydrogen-bond donors (Lipinski definition) is 2. The zero-order valence-corrected chi connectivity index (χ0v) is 10.8. The van der Waals surface area contributed by atoms with Crippen LogP contribution >= 0.6 is 0 Å². The summed E-state index contributed by atoms with van der Waals surface area (Å²) in [5, 5.41) is 6.11. The van der Waals surface area contributed by atoms with E-state index in [0.717, 1.165) is 11.1 Å². The van der Waals surface area contributed by atoms with Gasteiger partial charge in [0.15, 0.2) is 0 Å². The normalized spacial score (nSPS) is 12.1. The van der Waals surface area contributed by atoms with E-state index in [0.29, 0.717) is 0 Å². The van der Waals surface area contributed by atoms with Gasteiger partial charge in [0.05, 0.1) is 6.61 Å². The first kappa shape index (κ1) is 13.1. The van der Waals surface area contributed by atoms with Gasteiger partial charge in [-0.2, -0.15) is 5.10 Å². The summed E-state index contributed by atoms with van der Waals surface area (Å²) < 4.78 is 5.06. The highest BCUT2D eigenvalue weighted by Crippen LogP contribution is 2.25. The van der Waals surface area contributed by atoms with Crippen molar-refractivity contribution in [1.29, 1.82) is 0 Å². The van der Waals surface area contributed by atoms with Crippen LogP contribution in [0.25, 0.3) is 0 Å². The number of hydrogen-bond acceptors (Lipinski definition) is 4. The number of benzene rings is 1. The zero-order chi connectivity index (χ0) is 13.8. The van der Waals surface area contributed by atoms with Crippen LogP contribution in [0.4, 0.5) is 0 Å².